The van der Waals surface area contributed by atoms with Crippen molar-refractivity contribution in [1.29, 1.82) is 0 Å². The van der Waals surface area contributed by atoms with Gasteiger partial charge in [0.15, 0.2) is 11.8 Å². The fourth-order valence-electron chi connectivity index (χ4n) is 2.67. The Kier molecular flexibility index (Phi) is 5.43. The number of carboxylic acid groups (broad SMARTS) is 1. The molecule has 0 aliphatic carbocycles. The second-order valence-corrected chi connectivity index (χ2v) is 7.38. The molecule has 1 saturated heterocycles. The number of benzene rings is 2. The highest BCUT2D eigenvalue weighted by Gasteiger charge is 2.41. The van der Waals surface area contributed by atoms with Crippen LogP contribution >= 0.6 is 24.0 Å². The Hall–Kier alpha value is -3.24. The Morgan fingerprint density at radius 1 is 1.25 bits per heavy atom. The molecule has 1 unspecified atom stereocenters. The Morgan fingerprint density at radius 2 is 1.93 bits per heavy atom. The minimum absolute atomic E-state index is 0.0702. The van der Waals surface area contributed by atoms with Gasteiger partial charge in [-0.1, -0.05) is 60.4 Å². The van der Waals surface area contributed by atoms with Gasteiger partial charge in [-0.15, -0.1) is 0 Å². The highest BCUT2D eigenvalue weighted by Crippen LogP contribution is 2.39. The number of carbonyl (C=O) groups excluding carboxylic acids is 1. The van der Waals surface area contributed by atoms with Crippen LogP contribution in [0.5, 0.6) is 5.75 Å². The number of phenols is 1. The summed E-state index contributed by atoms with van der Waals surface area (Å²) in [5.41, 5.74) is 0.196. The average Bonchev–Trinajstić information content (AvgIpc) is 2.92. The quantitative estimate of drug-likeness (QED) is 0.329. The Morgan fingerprint density at radius 3 is 2.54 bits per heavy atom. The molecule has 2 N–H and O–H groups in total. The van der Waals surface area contributed by atoms with Gasteiger partial charge < -0.3 is 10.2 Å². The van der Waals surface area contributed by atoms with Crippen LogP contribution < -0.4 is 0 Å². The number of nitro groups is 1. The number of nitrogens with zero attached hydrogens (tertiary/aromatic N) is 2. The molecule has 1 fully saturated rings. The summed E-state index contributed by atoms with van der Waals surface area (Å²) in [7, 11) is 0. The molecule has 0 bridgehead atoms. The van der Waals surface area contributed by atoms with Crippen LogP contribution in [0.25, 0.3) is 6.08 Å². The highest BCUT2D eigenvalue weighted by molar-refractivity contribution is 8.26. The average molecular weight is 416 g/mol. The van der Waals surface area contributed by atoms with E-state index in [9.17, 15) is 29.9 Å². The second kappa shape index (κ2) is 7.79. The largest absolute Gasteiger partial charge is 0.502 e. The topological polar surface area (TPSA) is 121 Å². The summed E-state index contributed by atoms with van der Waals surface area (Å²) in [4.78, 5) is 36.0. The number of hydrogen-bond donors (Lipinski definition) is 2. The monoisotopic (exact) mass is 416 g/mol. The fourth-order valence-corrected chi connectivity index (χ4v) is 3.98. The first-order valence-corrected chi connectivity index (χ1v) is 9.04. The van der Waals surface area contributed by atoms with Gasteiger partial charge in [0.25, 0.3) is 5.91 Å². The van der Waals surface area contributed by atoms with E-state index in [1.54, 1.807) is 30.3 Å². The van der Waals surface area contributed by atoms with E-state index in [0.717, 1.165) is 28.8 Å². The number of aromatic hydroxyl groups is 1. The molecule has 0 spiro atoms. The fraction of sp³-hybridized carbons (Fsp3) is 0.0556. The van der Waals surface area contributed by atoms with E-state index < -0.39 is 34.3 Å². The van der Waals surface area contributed by atoms with Crippen LogP contribution in [0.4, 0.5) is 5.69 Å². The number of thiocarbonyl (C=S) groups is 1. The number of thioether (sulfide) groups is 1. The van der Waals surface area contributed by atoms with Crippen molar-refractivity contribution in [1.82, 2.24) is 4.90 Å². The molecule has 0 saturated carbocycles. The lowest BCUT2D eigenvalue weighted by Gasteiger charge is -2.23. The number of hydrogen-bond acceptors (Lipinski definition) is 7. The van der Waals surface area contributed by atoms with Crippen molar-refractivity contribution in [3.05, 3.63) is 74.7 Å². The van der Waals surface area contributed by atoms with E-state index in [2.05, 4.69) is 0 Å². The predicted octanol–water partition coefficient (Wildman–Crippen LogP) is 3.33. The third-order valence-corrected chi connectivity index (χ3v) is 5.26. The summed E-state index contributed by atoms with van der Waals surface area (Å²) < 4.78 is 0.0702. The van der Waals surface area contributed by atoms with Gasteiger partial charge in [0.1, 0.15) is 4.32 Å². The van der Waals surface area contributed by atoms with Crippen molar-refractivity contribution in [2.45, 2.75) is 6.04 Å². The zero-order valence-corrected chi connectivity index (χ0v) is 15.6. The maximum atomic E-state index is 12.8. The van der Waals surface area contributed by atoms with Crippen molar-refractivity contribution in [2.75, 3.05) is 0 Å². The van der Waals surface area contributed by atoms with Crippen molar-refractivity contribution < 1.29 is 24.7 Å². The predicted molar refractivity (Wildman–Crippen MR) is 107 cm³/mol. The number of aliphatic carboxylic acids is 1. The molecule has 0 aromatic heterocycles. The summed E-state index contributed by atoms with van der Waals surface area (Å²) in [5.74, 6) is -2.34. The molecule has 8 nitrogen and oxygen atoms in total. The molecule has 2 aromatic carbocycles. The van der Waals surface area contributed by atoms with Crippen LogP contribution in [-0.4, -0.2) is 36.2 Å². The number of nitro benzene ring substituents is 1. The second-order valence-electron chi connectivity index (χ2n) is 5.71. The lowest BCUT2D eigenvalue weighted by atomic mass is 10.1. The molecule has 1 amide bonds. The number of carbonyl (C=O) groups is 2. The van der Waals surface area contributed by atoms with Gasteiger partial charge in [-0.2, -0.15) is 0 Å². The van der Waals surface area contributed by atoms with E-state index in [-0.39, 0.29) is 9.23 Å². The SMILES string of the molecule is O=C(O)C(c1ccccc1)N1C(=O)/C(=C/c2ccc(O)c([N+](=O)[O-])c2)SC1=S. The summed E-state index contributed by atoms with van der Waals surface area (Å²) >= 11 is 6.12. The number of phenolic OH excluding ortho intramolecular Hbond substituents is 1. The van der Waals surface area contributed by atoms with Gasteiger partial charge in [-0.25, -0.2) is 4.79 Å². The highest BCUT2D eigenvalue weighted by atomic mass is 32.2. The van der Waals surface area contributed by atoms with Gasteiger partial charge in [0.2, 0.25) is 0 Å². The minimum Gasteiger partial charge on any atom is -0.502 e. The normalized spacial score (nSPS) is 16.4. The molecule has 1 heterocycles. The molecule has 3 rings (SSSR count). The van der Waals surface area contributed by atoms with Crippen LogP contribution in [0, 0.1) is 10.1 Å². The standard InChI is InChI=1S/C18H12N2O6S2/c21-13-7-6-10(8-12(13)20(25)26)9-14-16(22)19(18(27)28-14)15(17(23)24)11-4-2-1-3-5-11/h1-9,15,21H,(H,23,24)/b14-9-. The summed E-state index contributed by atoms with van der Waals surface area (Å²) in [6.07, 6.45) is 1.37. The number of rotatable bonds is 5. The molecular weight excluding hydrogens is 404 g/mol. The van der Waals surface area contributed by atoms with Crippen LogP contribution in [-0.2, 0) is 9.59 Å². The van der Waals surface area contributed by atoms with Crippen LogP contribution in [0.3, 0.4) is 0 Å². The Balaban J connectivity index is 1.97. The van der Waals surface area contributed by atoms with Crippen molar-refractivity contribution in [3.8, 4) is 5.75 Å². The molecular formula is C18H12N2O6S2. The van der Waals surface area contributed by atoms with E-state index in [1.165, 1.54) is 12.1 Å². The summed E-state index contributed by atoms with van der Waals surface area (Å²) in [6.45, 7) is 0. The molecule has 1 aliphatic rings. The Labute approximate surface area is 168 Å². The minimum atomic E-state index is -1.28. The third-order valence-electron chi connectivity index (χ3n) is 3.92. The summed E-state index contributed by atoms with van der Waals surface area (Å²) in [6, 6.07) is 10.6. The van der Waals surface area contributed by atoms with Crippen molar-refractivity contribution >= 4 is 51.9 Å². The number of amides is 1. The zero-order valence-electron chi connectivity index (χ0n) is 14.0. The van der Waals surface area contributed by atoms with Gasteiger partial charge >= 0.3 is 11.7 Å². The van der Waals surface area contributed by atoms with E-state index in [4.69, 9.17) is 12.2 Å². The Bertz CT molecular complexity index is 1020. The molecule has 0 radical (unpaired) electrons. The van der Waals surface area contributed by atoms with E-state index in [1.807, 2.05) is 0 Å². The lowest BCUT2D eigenvalue weighted by Crippen LogP contribution is -2.37. The molecule has 28 heavy (non-hydrogen) atoms. The molecule has 1 aliphatic heterocycles. The van der Waals surface area contributed by atoms with Gasteiger partial charge in [0, 0.05) is 6.07 Å². The van der Waals surface area contributed by atoms with Crippen LogP contribution in [0.2, 0.25) is 0 Å². The van der Waals surface area contributed by atoms with Gasteiger partial charge in [-0.05, 0) is 23.3 Å². The molecule has 10 heteroatoms. The van der Waals surface area contributed by atoms with Crippen molar-refractivity contribution in [3.63, 3.8) is 0 Å². The first kappa shape index (κ1) is 19.5. The van der Waals surface area contributed by atoms with Gasteiger partial charge in [0.05, 0.1) is 9.83 Å². The summed E-state index contributed by atoms with van der Waals surface area (Å²) in [5, 5.41) is 30.1. The smallest absolute Gasteiger partial charge is 0.331 e. The van der Waals surface area contributed by atoms with Crippen LogP contribution in [0.1, 0.15) is 17.2 Å². The van der Waals surface area contributed by atoms with E-state index in [0.29, 0.717) is 11.1 Å². The first-order valence-electron chi connectivity index (χ1n) is 7.82. The molecule has 1 atom stereocenters. The third kappa shape index (κ3) is 3.73. The lowest BCUT2D eigenvalue weighted by molar-refractivity contribution is -0.385. The van der Waals surface area contributed by atoms with Crippen molar-refractivity contribution in [2.24, 2.45) is 0 Å². The zero-order chi connectivity index (χ0) is 20.4. The molecule has 2 aromatic rings. The van der Waals surface area contributed by atoms with E-state index >= 15 is 0 Å². The first-order chi connectivity index (χ1) is 13.3. The maximum absolute atomic E-state index is 12.8. The maximum Gasteiger partial charge on any atom is 0.331 e. The number of carboxylic acids is 1. The molecule has 142 valence electrons. The van der Waals surface area contributed by atoms with Crippen LogP contribution in [0.15, 0.2) is 53.4 Å². The van der Waals surface area contributed by atoms with Gasteiger partial charge in [-0.3, -0.25) is 19.8 Å².